The second-order valence-electron chi connectivity index (χ2n) is 17.5. The molecule has 0 aliphatic carbocycles. The van der Waals surface area contributed by atoms with Crippen molar-refractivity contribution in [3.63, 3.8) is 0 Å². The first-order chi connectivity index (χ1) is 36.1. The van der Waals surface area contributed by atoms with E-state index in [4.69, 9.17) is 42.6 Å². The minimum Gasteiger partial charge on any atom is -0.460 e. The monoisotopic (exact) mass is 1070 g/mol. The molecule has 0 spiro atoms. The average molecular weight is 1070 g/mol. The van der Waals surface area contributed by atoms with Crippen molar-refractivity contribution in [2.75, 3.05) is 145 Å². The molecule has 0 bridgehead atoms. The smallest absolute Gasteiger partial charge is 0.308 e. The lowest BCUT2D eigenvalue weighted by molar-refractivity contribution is -0.156. The quantitative estimate of drug-likeness (QED) is 0.0260. The van der Waals surface area contributed by atoms with E-state index in [1.807, 2.05) is 0 Å². The predicted octanol–water partition coefficient (Wildman–Crippen LogP) is -1.62. The average Bonchev–Trinajstić information content (AvgIpc) is 3.86. The summed E-state index contributed by atoms with van der Waals surface area (Å²) in [5.74, 6) is -3.78. The fraction of sp³-hybridized carbons (Fsp3) is 0.714. The van der Waals surface area contributed by atoms with Crippen LogP contribution in [0.25, 0.3) is 0 Å². The highest BCUT2D eigenvalue weighted by molar-refractivity contribution is 6.13. The van der Waals surface area contributed by atoms with Gasteiger partial charge in [0, 0.05) is 89.3 Å². The van der Waals surface area contributed by atoms with Crippen LogP contribution < -0.4 is 26.6 Å². The molecule has 0 saturated carbocycles. The predicted molar refractivity (Wildman–Crippen MR) is 265 cm³/mol. The van der Waals surface area contributed by atoms with Crippen molar-refractivity contribution in [1.29, 1.82) is 0 Å². The third-order valence-corrected chi connectivity index (χ3v) is 10.2. The summed E-state index contributed by atoms with van der Waals surface area (Å²) in [7, 11) is 0. The van der Waals surface area contributed by atoms with Crippen molar-refractivity contribution in [3.05, 3.63) is 24.3 Å². The number of unbranched alkanes of at least 4 members (excludes halogenated alkanes) is 1. The summed E-state index contributed by atoms with van der Waals surface area (Å²) in [5, 5.41) is 13.7. The van der Waals surface area contributed by atoms with Crippen LogP contribution in [0.1, 0.15) is 72.1 Å². The number of nitrogens with zero attached hydrogens (tertiary/aromatic N) is 2. The summed E-state index contributed by atoms with van der Waals surface area (Å²) >= 11 is 0. The Labute approximate surface area is 438 Å². The number of hydrogen-bond donors (Lipinski definition) is 5. The molecule has 0 aromatic carbocycles. The highest BCUT2D eigenvalue weighted by Gasteiger charge is 2.25. The van der Waals surface area contributed by atoms with E-state index in [2.05, 4.69) is 26.6 Å². The van der Waals surface area contributed by atoms with Gasteiger partial charge in [-0.2, -0.15) is 0 Å². The first-order valence-corrected chi connectivity index (χ1v) is 25.3. The van der Waals surface area contributed by atoms with E-state index in [1.165, 1.54) is 0 Å². The minimum atomic E-state index is -0.859. The standard InChI is InChI=1S/C49H79N7O19/c1-49(2,3)75-47(65)15-24-69-30-34-73-36-37-74-35-33-72-27-19-53-48(66)38(54-42(60)14-23-68-29-32-71-26-18-52-40(58)12-21-56-45(63)9-10-46(56)64)6-4-5-16-50-41(59)13-22-67-28-31-70-25-17-51-39(57)11-20-55-43(61)7-8-44(55)62/h7-10,38H,4-6,11-37H2,1-3H3,(H,50,59)(H,51,57)(H,52,58)(H,53,66)(H,54,60)/t38-/m0/s1. The van der Waals surface area contributed by atoms with Gasteiger partial charge >= 0.3 is 5.97 Å². The van der Waals surface area contributed by atoms with E-state index in [0.717, 1.165) is 34.1 Å². The molecule has 0 fully saturated rings. The summed E-state index contributed by atoms with van der Waals surface area (Å²) in [4.78, 5) is 122. The van der Waals surface area contributed by atoms with Gasteiger partial charge in [-0.15, -0.1) is 0 Å². The molecule has 5 N–H and O–H groups in total. The molecule has 0 aromatic rings. The second-order valence-corrected chi connectivity index (χ2v) is 17.5. The summed E-state index contributed by atoms with van der Waals surface area (Å²) in [6.45, 7) is 10.3. The maximum atomic E-state index is 13.2. The van der Waals surface area contributed by atoms with Gasteiger partial charge in [0.1, 0.15) is 11.6 Å². The zero-order valence-corrected chi connectivity index (χ0v) is 43.8. The lowest BCUT2D eigenvalue weighted by Crippen LogP contribution is -2.47. The van der Waals surface area contributed by atoms with Gasteiger partial charge in [-0.3, -0.25) is 57.7 Å². The Morgan fingerprint density at radius 2 is 0.773 bits per heavy atom. The highest BCUT2D eigenvalue weighted by Crippen LogP contribution is 2.09. The van der Waals surface area contributed by atoms with Gasteiger partial charge in [0.25, 0.3) is 23.6 Å². The van der Waals surface area contributed by atoms with Crippen LogP contribution in [0.15, 0.2) is 24.3 Å². The molecule has 2 aliphatic rings. The molecule has 2 aliphatic heterocycles. The maximum absolute atomic E-state index is 13.2. The summed E-state index contributed by atoms with van der Waals surface area (Å²) in [6.07, 6.45) is 6.18. The third kappa shape index (κ3) is 34.5. The molecule has 26 nitrogen and oxygen atoms in total. The molecule has 9 amide bonds. The van der Waals surface area contributed by atoms with E-state index in [-0.39, 0.29) is 161 Å². The Bertz CT molecular complexity index is 1810. The summed E-state index contributed by atoms with van der Waals surface area (Å²) < 4.78 is 49.0. The van der Waals surface area contributed by atoms with E-state index in [9.17, 15) is 47.9 Å². The number of hydrogen-bond acceptors (Lipinski definition) is 19. The van der Waals surface area contributed by atoms with E-state index in [1.54, 1.807) is 20.8 Å². The molecule has 424 valence electrons. The van der Waals surface area contributed by atoms with Crippen LogP contribution >= 0.6 is 0 Å². The normalized spacial score (nSPS) is 13.6. The number of rotatable bonds is 46. The van der Waals surface area contributed by atoms with Crippen LogP contribution in [0.2, 0.25) is 0 Å². The number of ether oxygens (including phenoxy) is 9. The molecular weight excluding hydrogens is 991 g/mol. The molecule has 26 heteroatoms. The largest absolute Gasteiger partial charge is 0.460 e. The number of nitrogens with one attached hydrogen (secondary N) is 5. The van der Waals surface area contributed by atoms with Crippen molar-refractivity contribution in [2.24, 2.45) is 0 Å². The Kier molecular flexibility index (Phi) is 35.3. The molecule has 0 saturated heterocycles. The van der Waals surface area contributed by atoms with E-state index in [0.29, 0.717) is 58.8 Å². The number of carbonyl (C=O) groups excluding carboxylic acids is 10. The zero-order valence-electron chi connectivity index (χ0n) is 43.8. The fourth-order valence-electron chi connectivity index (χ4n) is 6.41. The van der Waals surface area contributed by atoms with Crippen molar-refractivity contribution in [3.8, 4) is 0 Å². The first kappa shape index (κ1) is 65.4. The Morgan fingerprint density at radius 3 is 1.20 bits per heavy atom. The third-order valence-electron chi connectivity index (χ3n) is 10.2. The van der Waals surface area contributed by atoms with Gasteiger partial charge < -0.3 is 69.2 Å². The molecule has 2 heterocycles. The summed E-state index contributed by atoms with van der Waals surface area (Å²) in [5.41, 5.74) is -0.535. The number of esters is 1. The van der Waals surface area contributed by atoms with Crippen molar-refractivity contribution in [1.82, 2.24) is 36.4 Å². The van der Waals surface area contributed by atoms with Gasteiger partial charge in [-0.25, -0.2) is 0 Å². The van der Waals surface area contributed by atoms with Crippen LogP contribution in [0.4, 0.5) is 0 Å². The van der Waals surface area contributed by atoms with Crippen molar-refractivity contribution in [2.45, 2.75) is 83.8 Å². The highest BCUT2D eigenvalue weighted by atomic mass is 16.6. The topological polar surface area (TPSA) is 320 Å². The number of amides is 9. The first-order valence-electron chi connectivity index (χ1n) is 25.3. The minimum absolute atomic E-state index is 0.000237. The van der Waals surface area contributed by atoms with E-state index < -0.39 is 47.1 Å². The van der Waals surface area contributed by atoms with E-state index >= 15 is 0 Å². The molecule has 0 unspecified atom stereocenters. The van der Waals surface area contributed by atoms with Gasteiger partial charge in [-0.05, 0) is 40.0 Å². The lowest BCUT2D eigenvalue weighted by Gasteiger charge is -2.19. The lowest BCUT2D eigenvalue weighted by atomic mass is 10.1. The van der Waals surface area contributed by atoms with Crippen molar-refractivity contribution >= 4 is 59.1 Å². The Balaban J connectivity index is 1.58. The van der Waals surface area contributed by atoms with Gasteiger partial charge in [0.05, 0.1) is 112 Å². The van der Waals surface area contributed by atoms with Crippen LogP contribution in [0.3, 0.4) is 0 Å². The SMILES string of the molecule is CC(C)(C)OC(=O)CCOCCOCCOCCOCCNC(=O)[C@H](CCCCNC(=O)CCOCCOCCNC(=O)CCN1C(=O)C=CC1=O)NC(=O)CCOCCOCCNC(=O)CCN1C(=O)C=CC1=O. The molecule has 2 rings (SSSR count). The Hall–Kier alpha value is -5.74. The second kappa shape index (κ2) is 40.6. The van der Waals surface area contributed by atoms with Crippen LogP contribution in [-0.2, 0) is 90.6 Å². The fourth-order valence-corrected chi connectivity index (χ4v) is 6.41. The molecular formula is C49H79N7O19. The molecule has 0 aromatic heterocycles. The molecule has 0 radical (unpaired) electrons. The maximum Gasteiger partial charge on any atom is 0.308 e. The summed E-state index contributed by atoms with van der Waals surface area (Å²) in [6, 6.07) is -0.859. The number of imide groups is 2. The molecule has 1 atom stereocenters. The van der Waals surface area contributed by atoms with Crippen LogP contribution in [-0.4, -0.2) is 226 Å². The van der Waals surface area contributed by atoms with Crippen LogP contribution in [0, 0.1) is 0 Å². The Morgan fingerprint density at radius 1 is 0.427 bits per heavy atom. The van der Waals surface area contributed by atoms with Crippen molar-refractivity contribution < 1.29 is 90.6 Å². The van der Waals surface area contributed by atoms with Gasteiger partial charge in [0.15, 0.2) is 0 Å². The number of carbonyl (C=O) groups is 10. The van der Waals surface area contributed by atoms with Crippen LogP contribution in [0.5, 0.6) is 0 Å². The van der Waals surface area contributed by atoms with Gasteiger partial charge in [0.2, 0.25) is 29.5 Å². The van der Waals surface area contributed by atoms with Gasteiger partial charge in [-0.1, -0.05) is 0 Å². The molecule has 75 heavy (non-hydrogen) atoms. The zero-order chi connectivity index (χ0) is 54.9.